The number of aryl methyl sites for hydroxylation is 1. The lowest BCUT2D eigenvalue weighted by molar-refractivity contribution is -0.130. The topological polar surface area (TPSA) is 58.6 Å². The number of amides is 2. The molecule has 2 aliphatic rings. The lowest BCUT2D eigenvalue weighted by atomic mass is 10.0. The van der Waals surface area contributed by atoms with Crippen LogP contribution in [0.15, 0.2) is 24.3 Å². The van der Waals surface area contributed by atoms with Crippen molar-refractivity contribution in [3.8, 4) is 5.75 Å². The number of nitrogens with one attached hydrogen (secondary N) is 1. The number of likely N-dealkylation sites (tertiary alicyclic amines) is 1. The summed E-state index contributed by atoms with van der Waals surface area (Å²) in [7, 11) is 1.65. The number of hydrogen-bond donors (Lipinski definition) is 1. The summed E-state index contributed by atoms with van der Waals surface area (Å²) in [4.78, 5) is 26.2. The third kappa shape index (κ3) is 4.73. The maximum atomic E-state index is 12.4. The lowest BCUT2D eigenvalue weighted by Gasteiger charge is -2.16. The quantitative estimate of drug-likeness (QED) is 0.833. The highest BCUT2D eigenvalue weighted by Crippen LogP contribution is 2.23. The molecule has 130 valence electrons. The molecule has 1 saturated heterocycles. The van der Waals surface area contributed by atoms with E-state index < -0.39 is 0 Å². The molecule has 1 aromatic carbocycles. The van der Waals surface area contributed by atoms with Gasteiger partial charge in [0.1, 0.15) is 5.75 Å². The Hall–Kier alpha value is -2.04. The Morgan fingerprint density at radius 2 is 2.12 bits per heavy atom. The van der Waals surface area contributed by atoms with Crippen molar-refractivity contribution in [3.63, 3.8) is 0 Å². The van der Waals surface area contributed by atoms with E-state index in [9.17, 15) is 9.59 Å². The number of nitrogens with zero attached hydrogens (tertiary/aromatic N) is 1. The minimum absolute atomic E-state index is 0.146. The van der Waals surface area contributed by atoms with Gasteiger partial charge in [-0.3, -0.25) is 9.59 Å². The molecule has 3 rings (SSSR count). The number of methoxy groups -OCH3 is 1. The van der Waals surface area contributed by atoms with Crippen molar-refractivity contribution in [3.05, 3.63) is 29.8 Å². The Bertz CT molecular complexity index is 598. The van der Waals surface area contributed by atoms with Crippen LogP contribution in [0.3, 0.4) is 0 Å². The maximum absolute atomic E-state index is 12.4. The number of hydrogen-bond acceptors (Lipinski definition) is 3. The van der Waals surface area contributed by atoms with Crippen LogP contribution in [0.1, 0.15) is 37.7 Å². The van der Waals surface area contributed by atoms with Gasteiger partial charge in [0.2, 0.25) is 11.8 Å². The number of carbonyl (C=O) groups excluding carboxylic acids is 2. The number of ether oxygens (including phenoxy) is 1. The van der Waals surface area contributed by atoms with E-state index in [1.807, 2.05) is 29.2 Å². The molecule has 0 aromatic heterocycles. The van der Waals surface area contributed by atoms with E-state index in [0.717, 1.165) is 50.1 Å². The van der Waals surface area contributed by atoms with E-state index in [2.05, 4.69) is 5.32 Å². The van der Waals surface area contributed by atoms with Gasteiger partial charge in [0, 0.05) is 32.0 Å². The predicted molar refractivity (Wildman–Crippen MR) is 91.8 cm³/mol. The third-order valence-corrected chi connectivity index (χ3v) is 4.82. The van der Waals surface area contributed by atoms with Gasteiger partial charge >= 0.3 is 0 Å². The van der Waals surface area contributed by atoms with Crippen LogP contribution >= 0.6 is 0 Å². The molecule has 1 N–H and O–H groups in total. The number of carbonyl (C=O) groups is 2. The van der Waals surface area contributed by atoms with E-state index >= 15 is 0 Å². The van der Waals surface area contributed by atoms with E-state index in [4.69, 9.17) is 4.74 Å². The Morgan fingerprint density at radius 3 is 2.88 bits per heavy atom. The Labute approximate surface area is 143 Å². The SMILES string of the molecule is COc1cccc(CCC(=O)N2CCC(CC(=O)NC3CC3)C2)c1. The van der Waals surface area contributed by atoms with E-state index in [-0.39, 0.29) is 11.8 Å². The van der Waals surface area contributed by atoms with Crippen LogP contribution in [-0.4, -0.2) is 43.0 Å². The summed E-state index contributed by atoms with van der Waals surface area (Å²) in [6.07, 6.45) is 4.95. The molecule has 1 saturated carbocycles. The van der Waals surface area contributed by atoms with Gasteiger partial charge in [0.05, 0.1) is 7.11 Å². The highest BCUT2D eigenvalue weighted by Gasteiger charge is 2.29. The predicted octanol–water partition coefficient (Wildman–Crippen LogP) is 2.14. The van der Waals surface area contributed by atoms with Crippen molar-refractivity contribution in [1.82, 2.24) is 10.2 Å². The van der Waals surface area contributed by atoms with Gasteiger partial charge in [-0.1, -0.05) is 12.1 Å². The fraction of sp³-hybridized carbons (Fsp3) is 0.579. The van der Waals surface area contributed by atoms with Gasteiger partial charge in [-0.15, -0.1) is 0 Å². The molecule has 5 nitrogen and oxygen atoms in total. The summed E-state index contributed by atoms with van der Waals surface area (Å²) >= 11 is 0. The van der Waals surface area contributed by atoms with Gasteiger partial charge in [-0.05, 0) is 49.3 Å². The van der Waals surface area contributed by atoms with E-state index in [0.29, 0.717) is 24.8 Å². The lowest BCUT2D eigenvalue weighted by Crippen LogP contribution is -2.31. The summed E-state index contributed by atoms with van der Waals surface area (Å²) in [5.41, 5.74) is 1.11. The largest absolute Gasteiger partial charge is 0.497 e. The van der Waals surface area contributed by atoms with Crippen LogP contribution in [0.5, 0.6) is 5.75 Å². The molecule has 0 radical (unpaired) electrons. The van der Waals surface area contributed by atoms with Crippen molar-refractivity contribution in [2.45, 2.75) is 44.6 Å². The minimum atomic E-state index is 0.146. The minimum Gasteiger partial charge on any atom is -0.497 e. The van der Waals surface area contributed by atoms with Crippen LogP contribution in [0.25, 0.3) is 0 Å². The van der Waals surface area contributed by atoms with Gasteiger partial charge in [0.15, 0.2) is 0 Å². The smallest absolute Gasteiger partial charge is 0.222 e. The monoisotopic (exact) mass is 330 g/mol. The molecule has 1 aliphatic carbocycles. The van der Waals surface area contributed by atoms with E-state index in [1.165, 1.54) is 0 Å². The average molecular weight is 330 g/mol. The molecule has 1 aromatic rings. The fourth-order valence-electron chi connectivity index (χ4n) is 3.24. The highest BCUT2D eigenvalue weighted by atomic mass is 16.5. The zero-order valence-corrected chi connectivity index (χ0v) is 14.3. The second-order valence-corrected chi connectivity index (χ2v) is 6.89. The fourth-order valence-corrected chi connectivity index (χ4v) is 3.24. The molecule has 24 heavy (non-hydrogen) atoms. The first-order valence-corrected chi connectivity index (χ1v) is 8.84. The molecule has 5 heteroatoms. The summed E-state index contributed by atoms with van der Waals surface area (Å²) in [5.74, 6) is 1.46. The first kappa shape index (κ1) is 16.8. The molecule has 1 unspecified atom stereocenters. The van der Waals surface area contributed by atoms with Crippen LogP contribution in [0.2, 0.25) is 0 Å². The number of benzene rings is 1. The highest BCUT2D eigenvalue weighted by molar-refractivity contribution is 5.78. The summed E-state index contributed by atoms with van der Waals surface area (Å²) in [6, 6.07) is 8.26. The summed E-state index contributed by atoms with van der Waals surface area (Å²) < 4.78 is 5.21. The molecule has 0 spiro atoms. The Kier molecular flexibility index (Phi) is 5.38. The third-order valence-electron chi connectivity index (χ3n) is 4.82. The number of rotatable bonds is 7. The molecule has 1 heterocycles. The van der Waals surface area contributed by atoms with Crippen LogP contribution in [-0.2, 0) is 16.0 Å². The zero-order valence-electron chi connectivity index (χ0n) is 14.3. The van der Waals surface area contributed by atoms with E-state index in [1.54, 1.807) is 7.11 Å². The molecule has 1 atom stereocenters. The summed E-state index contributed by atoms with van der Waals surface area (Å²) in [5, 5.41) is 3.03. The zero-order chi connectivity index (χ0) is 16.9. The Balaban J connectivity index is 1.41. The molecular weight excluding hydrogens is 304 g/mol. The molecule has 2 amide bonds. The van der Waals surface area contributed by atoms with Crippen molar-refractivity contribution < 1.29 is 14.3 Å². The maximum Gasteiger partial charge on any atom is 0.222 e. The average Bonchev–Trinajstić information content (AvgIpc) is 3.27. The summed E-state index contributed by atoms with van der Waals surface area (Å²) in [6.45, 7) is 1.49. The first-order valence-electron chi connectivity index (χ1n) is 8.84. The van der Waals surface area contributed by atoms with Crippen molar-refractivity contribution >= 4 is 11.8 Å². The van der Waals surface area contributed by atoms with Gasteiger partial charge in [-0.25, -0.2) is 0 Å². The van der Waals surface area contributed by atoms with Gasteiger partial charge < -0.3 is 15.0 Å². The Morgan fingerprint density at radius 1 is 1.29 bits per heavy atom. The molecule has 2 fully saturated rings. The van der Waals surface area contributed by atoms with Crippen LogP contribution in [0, 0.1) is 5.92 Å². The molecule has 0 bridgehead atoms. The normalized spacial score (nSPS) is 20.0. The van der Waals surface area contributed by atoms with Crippen LogP contribution < -0.4 is 10.1 Å². The van der Waals surface area contributed by atoms with Crippen molar-refractivity contribution in [1.29, 1.82) is 0 Å². The van der Waals surface area contributed by atoms with Crippen molar-refractivity contribution in [2.75, 3.05) is 20.2 Å². The standard InChI is InChI=1S/C19H26N2O3/c1-24-17-4-2-3-14(11-17)5-8-19(23)21-10-9-15(13-21)12-18(22)20-16-6-7-16/h2-4,11,15-16H,5-10,12-13H2,1H3,(H,20,22). The van der Waals surface area contributed by atoms with Gasteiger partial charge in [-0.2, -0.15) is 0 Å². The first-order chi connectivity index (χ1) is 11.6. The second kappa shape index (κ2) is 7.69. The van der Waals surface area contributed by atoms with Crippen molar-refractivity contribution in [2.24, 2.45) is 5.92 Å². The molecule has 1 aliphatic heterocycles. The molecular formula is C19H26N2O3. The van der Waals surface area contributed by atoms with Gasteiger partial charge in [0.25, 0.3) is 0 Å². The second-order valence-electron chi connectivity index (χ2n) is 6.89. The van der Waals surface area contributed by atoms with Crippen LogP contribution in [0.4, 0.5) is 0 Å².